The lowest BCUT2D eigenvalue weighted by molar-refractivity contribution is -0.108. The maximum absolute atomic E-state index is 11.5. The van der Waals surface area contributed by atoms with Crippen molar-refractivity contribution in [3.8, 4) is 5.75 Å². The van der Waals surface area contributed by atoms with Crippen LogP contribution in [-0.2, 0) is 11.4 Å². The van der Waals surface area contributed by atoms with Gasteiger partial charge in [-0.15, -0.1) is 0 Å². The van der Waals surface area contributed by atoms with Crippen molar-refractivity contribution in [3.63, 3.8) is 0 Å². The molecule has 0 fully saturated rings. The second-order valence-electron chi connectivity index (χ2n) is 4.28. The summed E-state index contributed by atoms with van der Waals surface area (Å²) in [6.07, 6.45) is 0.947. The van der Waals surface area contributed by atoms with Crippen molar-refractivity contribution in [1.29, 1.82) is 0 Å². The Balaban J connectivity index is 2.23. The van der Waals surface area contributed by atoms with Gasteiger partial charge in [-0.2, -0.15) is 0 Å². The van der Waals surface area contributed by atoms with E-state index in [1.165, 1.54) is 0 Å². The van der Waals surface area contributed by atoms with E-state index >= 15 is 0 Å². The predicted octanol–water partition coefficient (Wildman–Crippen LogP) is 3.56. The quantitative estimate of drug-likeness (QED) is 0.731. The van der Waals surface area contributed by atoms with Gasteiger partial charge in [0.15, 0.2) is 0 Å². The molecule has 0 radical (unpaired) electrons. The van der Waals surface area contributed by atoms with E-state index in [4.69, 9.17) is 16.3 Å². The molecule has 0 saturated carbocycles. The summed E-state index contributed by atoms with van der Waals surface area (Å²) >= 11 is 6.01. The molecule has 2 aromatic rings. The van der Waals surface area contributed by atoms with Gasteiger partial charge < -0.3 is 9.53 Å². The van der Waals surface area contributed by atoms with Gasteiger partial charge in [0, 0.05) is 10.6 Å². The number of fused-ring (bicyclic) bond motifs is 2. The fourth-order valence-electron chi connectivity index (χ4n) is 2.33. The van der Waals surface area contributed by atoms with E-state index in [-0.39, 0.29) is 5.92 Å². The summed E-state index contributed by atoms with van der Waals surface area (Å²) in [4.78, 5) is 11.5. The van der Waals surface area contributed by atoms with Crippen LogP contribution in [0.25, 0.3) is 0 Å². The van der Waals surface area contributed by atoms with Gasteiger partial charge in [-0.25, -0.2) is 0 Å². The van der Waals surface area contributed by atoms with Gasteiger partial charge in [0.2, 0.25) is 0 Å². The fraction of sp³-hybridized carbons (Fsp3) is 0.133. The zero-order valence-electron chi connectivity index (χ0n) is 9.60. The summed E-state index contributed by atoms with van der Waals surface area (Å²) in [6.45, 7) is 0.481. The van der Waals surface area contributed by atoms with Crippen LogP contribution in [0, 0.1) is 0 Å². The van der Waals surface area contributed by atoms with E-state index < -0.39 is 0 Å². The number of hydrogen-bond acceptors (Lipinski definition) is 2. The van der Waals surface area contributed by atoms with Crippen LogP contribution in [0.15, 0.2) is 42.5 Å². The van der Waals surface area contributed by atoms with E-state index in [9.17, 15) is 4.79 Å². The van der Waals surface area contributed by atoms with Crippen molar-refractivity contribution in [2.45, 2.75) is 12.5 Å². The molecular weight excluding hydrogens is 248 g/mol. The highest BCUT2D eigenvalue weighted by atomic mass is 35.5. The molecule has 0 saturated heterocycles. The second kappa shape index (κ2) is 4.46. The summed E-state index contributed by atoms with van der Waals surface area (Å²) in [5.74, 6) is 0.421. The van der Waals surface area contributed by atoms with E-state index in [1.807, 2.05) is 30.3 Å². The number of halogens is 1. The molecule has 2 aromatic carbocycles. The number of carbonyl (C=O) groups is 1. The molecule has 18 heavy (non-hydrogen) atoms. The van der Waals surface area contributed by atoms with Crippen molar-refractivity contribution < 1.29 is 9.53 Å². The van der Waals surface area contributed by atoms with Crippen LogP contribution in [0.4, 0.5) is 0 Å². The van der Waals surface area contributed by atoms with Crippen molar-refractivity contribution in [1.82, 2.24) is 0 Å². The smallest absolute Gasteiger partial charge is 0.132 e. The summed E-state index contributed by atoms with van der Waals surface area (Å²) in [6, 6.07) is 13.2. The number of carbonyl (C=O) groups excluding carboxylic acids is 1. The third-order valence-corrected chi connectivity index (χ3v) is 3.45. The third-order valence-electron chi connectivity index (χ3n) is 3.22. The molecule has 0 aliphatic carbocycles. The molecule has 0 amide bonds. The lowest BCUT2D eigenvalue weighted by Gasteiger charge is -2.12. The highest BCUT2D eigenvalue weighted by Crippen LogP contribution is 2.37. The van der Waals surface area contributed by atoms with Crippen LogP contribution in [-0.4, -0.2) is 6.29 Å². The Morgan fingerprint density at radius 1 is 1.17 bits per heavy atom. The standard InChI is InChI=1S/C15H11ClO2/c16-11-5-6-15-13(7-11)14(8-17)12-4-2-1-3-10(12)9-18-15/h1-8,14H,9H2/t14-/m0/s1. The molecule has 0 N–H and O–H groups in total. The Morgan fingerprint density at radius 3 is 2.83 bits per heavy atom. The van der Waals surface area contributed by atoms with Gasteiger partial charge in [-0.1, -0.05) is 35.9 Å². The number of benzene rings is 2. The van der Waals surface area contributed by atoms with E-state index in [1.54, 1.807) is 12.1 Å². The van der Waals surface area contributed by atoms with Crippen LogP contribution in [0.1, 0.15) is 22.6 Å². The number of aldehydes is 1. The van der Waals surface area contributed by atoms with Crippen LogP contribution in [0.3, 0.4) is 0 Å². The zero-order chi connectivity index (χ0) is 12.5. The zero-order valence-corrected chi connectivity index (χ0v) is 10.4. The molecule has 2 nitrogen and oxygen atoms in total. The number of hydrogen-bond donors (Lipinski definition) is 0. The minimum atomic E-state index is -0.308. The van der Waals surface area contributed by atoms with E-state index in [0.717, 1.165) is 28.7 Å². The van der Waals surface area contributed by atoms with Crippen molar-refractivity contribution in [2.75, 3.05) is 0 Å². The molecule has 1 heterocycles. The number of ether oxygens (including phenoxy) is 1. The average molecular weight is 259 g/mol. The van der Waals surface area contributed by atoms with Gasteiger partial charge in [-0.3, -0.25) is 0 Å². The molecule has 90 valence electrons. The van der Waals surface area contributed by atoms with E-state index in [0.29, 0.717) is 11.6 Å². The number of rotatable bonds is 1. The first-order valence-electron chi connectivity index (χ1n) is 5.75. The summed E-state index contributed by atoms with van der Waals surface area (Å²) in [5.41, 5.74) is 2.87. The summed E-state index contributed by atoms with van der Waals surface area (Å²) in [5, 5.41) is 0.614. The molecular formula is C15H11ClO2. The Hall–Kier alpha value is -1.80. The molecule has 0 unspecified atom stereocenters. The summed E-state index contributed by atoms with van der Waals surface area (Å²) in [7, 11) is 0. The first kappa shape index (κ1) is 11.3. The maximum atomic E-state index is 11.5. The van der Waals surface area contributed by atoms with Gasteiger partial charge in [0.25, 0.3) is 0 Å². The molecule has 0 spiro atoms. The second-order valence-corrected chi connectivity index (χ2v) is 4.72. The SMILES string of the molecule is O=C[C@H]1c2ccccc2COc2ccc(Cl)cc21. The maximum Gasteiger partial charge on any atom is 0.132 e. The predicted molar refractivity (Wildman–Crippen MR) is 70.1 cm³/mol. The molecule has 1 aliphatic rings. The Labute approximate surface area is 110 Å². The summed E-state index contributed by atoms with van der Waals surface area (Å²) < 4.78 is 5.74. The van der Waals surface area contributed by atoms with E-state index in [2.05, 4.69) is 0 Å². The first-order chi connectivity index (χ1) is 8.79. The van der Waals surface area contributed by atoms with Gasteiger partial charge in [-0.05, 0) is 29.3 Å². The molecule has 0 bridgehead atoms. The van der Waals surface area contributed by atoms with Gasteiger partial charge in [0.05, 0.1) is 5.92 Å². The minimum Gasteiger partial charge on any atom is -0.489 e. The monoisotopic (exact) mass is 258 g/mol. The highest BCUT2D eigenvalue weighted by molar-refractivity contribution is 6.30. The Morgan fingerprint density at radius 2 is 2.00 bits per heavy atom. The lowest BCUT2D eigenvalue weighted by atomic mass is 9.90. The first-order valence-corrected chi connectivity index (χ1v) is 6.13. The van der Waals surface area contributed by atoms with Crippen LogP contribution in [0.2, 0.25) is 5.02 Å². The lowest BCUT2D eigenvalue weighted by Crippen LogP contribution is -2.03. The normalized spacial score (nSPS) is 17.1. The highest BCUT2D eigenvalue weighted by Gasteiger charge is 2.24. The Kier molecular flexibility index (Phi) is 2.80. The topological polar surface area (TPSA) is 26.3 Å². The molecule has 0 aromatic heterocycles. The fourth-order valence-corrected chi connectivity index (χ4v) is 2.51. The molecule has 3 rings (SSSR count). The minimum absolute atomic E-state index is 0.308. The van der Waals surface area contributed by atoms with Crippen molar-refractivity contribution in [3.05, 3.63) is 64.2 Å². The van der Waals surface area contributed by atoms with Gasteiger partial charge in [0.1, 0.15) is 18.6 Å². The third kappa shape index (κ3) is 1.79. The van der Waals surface area contributed by atoms with Crippen LogP contribution < -0.4 is 4.74 Å². The van der Waals surface area contributed by atoms with Crippen molar-refractivity contribution in [2.24, 2.45) is 0 Å². The molecule has 3 heteroatoms. The van der Waals surface area contributed by atoms with Crippen LogP contribution in [0.5, 0.6) is 5.75 Å². The van der Waals surface area contributed by atoms with Crippen molar-refractivity contribution >= 4 is 17.9 Å². The largest absolute Gasteiger partial charge is 0.489 e. The Bertz CT molecular complexity index is 607. The van der Waals surface area contributed by atoms with Gasteiger partial charge >= 0.3 is 0 Å². The molecule has 1 aliphatic heterocycles. The van der Waals surface area contributed by atoms with Crippen LogP contribution >= 0.6 is 11.6 Å². The average Bonchev–Trinajstić information content (AvgIpc) is 2.54. The molecule has 1 atom stereocenters.